The van der Waals surface area contributed by atoms with Crippen LogP contribution in [0.4, 0.5) is 13.2 Å². The number of esters is 1. The number of alkyl halides is 3. The van der Waals surface area contributed by atoms with E-state index in [9.17, 15) is 48.0 Å². The molecule has 6 atom stereocenters. The molecule has 2 aliphatic heterocycles. The van der Waals surface area contributed by atoms with Crippen LogP contribution in [0.5, 0.6) is 11.5 Å². The monoisotopic (exact) mass is 664 g/mol. The number of benzene rings is 2. The highest BCUT2D eigenvalue weighted by Gasteiger charge is 2.72. The lowest BCUT2D eigenvalue weighted by atomic mass is 9.50. The van der Waals surface area contributed by atoms with E-state index in [-0.39, 0.29) is 35.3 Å². The van der Waals surface area contributed by atoms with Crippen LogP contribution in [0.3, 0.4) is 0 Å². The van der Waals surface area contributed by atoms with E-state index in [1.165, 1.54) is 12.1 Å². The molecule has 0 aromatic heterocycles. The summed E-state index contributed by atoms with van der Waals surface area (Å²) in [5.41, 5.74) is -0.240. The molecule has 6 N–H and O–H groups in total. The second-order valence-corrected chi connectivity index (χ2v) is 11.8. The molecule has 1 saturated heterocycles. The lowest BCUT2D eigenvalue weighted by molar-refractivity contribution is -0.192. The van der Waals surface area contributed by atoms with Gasteiger partial charge in [0.1, 0.15) is 11.8 Å². The van der Waals surface area contributed by atoms with Crippen molar-refractivity contribution >= 4 is 23.8 Å². The van der Waals surface area contributed by atoms with E-state index in [1.807, 2.05) is 13.1 Å². The van der Waals surface area contributed by atoms with Crippen LogP contribution in [-0.4, -0.2) is 97.8 Å². The summed E-state index contributed by atoms with van der Waals surface area (Å²) in [6.45, 7) is 0.652. The molecule has 1 fully saturated rings. The van der Waals surface area contributed by atoms with E-state index >= 15 is 0 Å². The number of aliphatic carboxylic acids is 2. The Morgan fingerprint density at radius 1 is 1.13 bits per heavy atom. The fraction of sp³-hybridized carbons (Fsp3) is 0.419. The van der Waals surface area contributed by atoms with Crippen LogP contribution < -0.4 is 10.1 Å². The molecule has 16 heteroatoms. The van der Waals surface area contributed by atoms with Crippen molar-refractivity contribution in [2.45, 2.75) is 67.2 Å². The summed E-state index contributed by atoms with van der Waals surface area (Å²) >= 11 is 0. The number of aromatic hydroxyl groups is 1. The number of phenolic OH excluding ortho intramolecular Hbond substituents is 1. The predicted molar refractivity (Wildman–Crippen MR) is 152 cm³/mol. The van der Waals surface area contributed by atoms with E-state index in [0.717, 1.165) is 11.1 Å². The van der Waals surface area contributed by atoms with Gasteiger partial charge in [-0.15, -0.1) is 0 Å². The molecule has 2 aromatic rings. The highest BCUT2D eigenvalue weighted by atomic mass is 19.4. The van der Waals surface area contributed by atoms with Crippen LogP contribution >= 0.6 is 0 Å². The number of halogens is 3. The van der Waals surface area contributed by atoms with Gasteiger partial charge in [-0.3, -0.25) is 9.59 Å². The maximum atomic E-state index is 13.0. The second-order valence-electron chi connectivity index (χ2n) is 11.8. The Labute approximate surface area is 264 Å². The molecule has 1 spiro atoms. The highest BCUT2D eigenvalue weighted by Crippen LogP contribution is 2.65. The minimum atomic E-state index is -5.08. The van der Waals surface area contributed by atoms with Crippen molar-refractivity contribution in [1.82, 2.24) is 10.2 Å². The van der Waals surface area contributed by atoms with E-state index in [2.05, 4.69) is 10.2 Å². The summed E-state index contributed by atoms with van der Waals surface area (Å²) in [7, 11) is 1.96. The molecule has 1 amide bonds. The van der Waals surface area contributed by atoms with Crippen molar-refractivity contribution in [3.05, 3.63) is 71.0 Å². The Morgan fingerprint density at radius 2 is 1.79 bits per heavy atom. The van der Waals surface area contributed by atoms with Crippen LogP contribution in [0.2, 0.25) is 0 Å². The number of likely N-dealkylation sites (N-methyl/N-ethyl adjacent to an activating group) is 1. The average Bonchev–Trinajstić information content (AvgIpc) is 3.37. The number of piperidine rings is 1. The molecule has 252 valence electrons. The number of carbonyl (C=O) groups is 4. The summed E-state index contributed by atoms with van der Waals surface area (Å²) in [6.07, 6.45) is -5.50. The fourth-order valence-electron chi connectivity index (χ4n) is 7.01. The zero-order chi connectivity index (χ0) is 34.5. The molecular formula is C31H31F3N2O11. The number of rotatable bonds is 7. The SMILES string of the molecule is CN1CC[C@]23c4c5ccc(O)c4O[C@H]2C(OC(=O)C[C@H](NC(=O)[C@@H](O)c2ccccc2)C(=O)O)=CC[C@@]3(O)[C@H]1C5.O=C(O)C(F)(F)F. The molecule has 4 aliphatic rings. The number of amides is 1. The van der Waals surface area contributed by atoms with Gasteiger partial charge in [0, 0.05) is 18.0 Å². The van der Waals surface area contributed by atoms with Crippen molar-refractivity contribution < 1.29 is 67.4 Å². The van der Waals surface area contributed by atoms with Gasteiger partial charge < -0.3 is 45.2 Å². The Hall–Kier alpha value is -4.67. The number of hydrogen-bond donors (Lipinski definition) is 6. The molecule has 47 heavy (non-hydrogen) atoms. The van der Waals surface area contributed by atoms with Crippen molar-refractivity contribution in [3.8, 4) is 11.5 Å². The smallest absolute Gasteiger partial charge is 0.490 e. The number of carbonyl (C=O) groups excluding carboxylic acids is 2. The average molecular weight is 665 g/mol. The molecule has 0 radical (unpaired) electrons. The molecular weight excluding hydrogens is 633 g/mol. The van der Waals surface area contributed by atoms with Gasteiger partial charge in [0.15, 0.2) is 23.7 Å². The van der Waals surface area contributed by atoms with Gasteiger partial charge in [-0.1, -0.05) is 36.4 Å². The number of hydrogen-bond acceptors (Lipinski definition) is 10. The molecule has 0 unspecified atom stereocenters. The summed E-state index contributed by atoms with van der Waals surface area (Å²) in [4.78, 5) is 48.4. The third-order valence-corrected chi connectivity index (χ3v) is 9.18. The maximum Gasteiger partial charge on any atom is 0.490 e. The van der Waals surface area contributed by atoms with Crippen LogP contribution in [0.15, 0.2) is 54.3 Å². The number of aliphatic hydroxyl groups is 2. The van der Waals surface area contributed by atoms with E-state index in [4.69, 9.17) is 19.4 Å². The number of phenols is 1. The van der Waals surface area contributed by atoms with E-state index < -0.39 is 65.7 Å². The summed E-state index contributed by atoms with van der Waals surface area (Å²) < 4.78 is 43.6. The number of ether oxygens (including phenoxy) is 2. The number of aliphatic hydroxyl groups excluding tert-OH is 1. The normalized spacial score (nSPS) is 26.6. The minimum Gasteiger partial charge on any atom is -0.504 e. The van der Waals surface area contributed by atoms with Gasteiger partial charge in [0.2, 0.25) is 0 Å². The van der Waals surface area contributed by atoms with Gasteiger partial charge in [-0.25, -0.2) is 9.59 Å². The number of likely N-dealkylation sites (tertiary alicyclic amines) is 1. The number of carboxylic acids is 2. The molecule has 6 rings (SSSR count). The number of carboxylic acid groups (broad SMARTS) is 2. The highest BCUT2D eigenvalue weighted by molar-refractivity contribution is 5.89. The second kappa shape index (κ2) is 12.2. The molecule has 2 aliphatic carbocycles. The first-order valence-corrected chi connectivity index (χ1v) is 14.4. The standard InChI is InChI=1S/C29H30N2O9.C2HF3O2/c1-31-12-11-28-22-16-7-8-18(32)24(22)40-25(28)19(9-10-29(28,38)20(31)13-16)39-21(33)14-17(27(36)37)30-26(35)23(34)15-5-3-2-4-6-15;3-2(4,5)1(6)7/h2-9,17,20,23,25,32,34,38H,10-14H2,1H3,(H,30,35)(H,36,37);(H,6,7)/t17-,20+,23-,25-,28-,29+;/m0./s1. The fourth-order valence-corrected chi connectivity index (χ4v) is 7.01. The van der Waals surface area contributed by atoms with Crippen LogP contribution in [0.25, 0.3) is 0 Å². The van der Waals surface area contributed by atoms with E-state index in [1.54, 1.807) is 30.3 Å². The summed E-state index contributed by atoms with van der Waals surface area (Å²) in [5.74, 6) is -5.81. The molecule has 2 bridgehead atoms. The maximum absolute atomic E-state index is 13.0. The quantitative estimate of drug-likeness (QED) is 0.234. The van der Waals surface area contributed by atoms with Crippen LogP contribution in [0.1, 0.15) is 42.1 Å². The molecule has 0 saturated carbocycles. The van der Waals surface area contributed by atoms with Crippen molar-refractivity contribution in [3.63, 3.8) is 0 Å². The lowest BCUT2D eigenvalue weighted by Crippen LogP contribution is -2.74. The third-order valence-electron chi connectivity index (χ3n) is 9.18. The number of nitrogens with zero attached hydrogens (tertiary/aromatic N) is 1. The number of nitrogens with one attached hydrogen (secondary N) is 1. The largest absolute Gasteiger partial charge is 0.504 e. The topological polar surface area (TPSA) is 203 Å². The van der Waals surface area contributed by atoms with Gasteiger partial charge in [0.05, 0.1) is 17.4 Å². The first kappa shape index (κ1) is 33.7. The summed E-state index contributed by atoms with van der Waals surface area (Å²) in [5, 5.41) is 52.1. The first-order chi connectivity index (χ1) is 22.0. The van der Waals surface area contributed by atoms with Gasteiger partial charge in [-0.05, 0) is 49.7 Å². The Balaban J connectivity index is 0.000000559. The van der Waals surface area contributed by atoms with Crippen molar-refractivity contribution in [1.29, 1.82) is 0 Å². The zero-order valence-corrected chi connectivity index (χ0v) is 24.7. The molecule has 2 aromatic carbocycles. The van der Waals surface area contributed by atoms with Gasteiger partial charge in [0.25, 0.3) is 5.91 Å². The Bertz CT molecular complexity index is 1630. The van der Waals surface area contributed by atoms with Gasteiger partial charge >= 0.3 is 24.1 Å². The third kappa shape index (κ3) is 5.76. The lowest BCUT2D eigenvalue weighted by Gasteiger charge is -2.61. The first-order valence-electron chi connectivity index (χ1n) is 14.4. The molecule has 13 nitrogen and oxygen atoms in total. The van der Waals surface area contributed by atoms with E-state index in [0.29, 0.717) is 19.4 Å². The molecule has 2 heterocycles. The van der Waals surface area contributed by atoms with Gasteiger partial charge in [-0.2, -0.15) is 13.2 Å². The Kier molecular flexibility index (Phi) is 8.72. The Morgan fingerprint density at radius 3 is 2.40 bits per heavy atom. The predicted octanol–water partition coefficient (Wildman–Crippen LogP) is 1.54. The summed E-state index contributed by atoms with van der Waals surface area (Å²) in [6, 6.07) is 9.52. The van der Waals surface area contributed by atoms with Crippen molar-refractivity contribution in [2.24, 2.45) is 0 Å². The van der Waals surface area contributed by atoms with Crippen LogP contribution in [0, 0.1) is 0 Å². The minimum absolute atomic E-state index is 0.0708. The van der Waals surface area contributed by atoms with Crippen LogP contribution in [-0.2, 0) is 35.8 Å². The van der Waals surface area contributed by atoms with Crippen molar-refractivity contribution in [2.75, 3.05) is 13.6 Å². The zero-order valence-electron chi connectivity index (χ0n) is 24.7.